The van der Waals surface area contributed by atoms with Gasteiger partial charge in [-0.1, -0.05) is 6.92 Å². The van der Waals surface area contributed by atoms with Crippen LogP contribution >= 0.6 is 11.8 Å². The van der Waals surface area contributed by atoms with Crippen molar-refractivity contribution in [3.8, 4) is 11.8 Å². The van der Waals surface area contributed by atoms with E-state index in [1.165, 1.54) is 17.8 Å². The summed E-state index contributed by atoms with van der Waals surface area (Å²) in [5.74, 6) is 0.203. The third kappa shape index (κ3) is 1.61. The minimum Gasteiger partial charge on any atom is -0.492 e. The molecule has 0 atom stereocenters. The van der Waals surface area contributed by atoms with E-state index in [2.05, 4.69) is 0 Å². The fourth-order valence-electron chi connectivity index (χ4n) is 0.774. The molecule has 3 N–H and O–H groups in total. The predicted molar refractivity (Wildman–Crippen MR) is 46.0 cm³/mol. The Morgan fingerprint density at radius 3 is 2.58 bits per heavy atom. The van der Waals surface area contributed by atoms with E-state index in [0.29, 0.717) is 9.63 Å². The summed E-state index contributed by atoms with van der Waals surface area (Å²) in [4.78, 5) is 0.497. The molecule has 0 aromatic carbocycles. The largest absolute Gasteiger partial charge is 0.492 e. The van der Waals surface area contributed by atoms with Crippen LogP contribution in [-0.2, 0) is 0 Å². The molecule has 1 heterocycles. The highest BCUT2D eigenvalue weighted by atomic mass is 32.2. The maximum atomic E-state index is 9.18. The molecule has 5 heteroatoms. The highest BCUT2D eigenvalue weighted by molar-refractivity contribution is 7.99. The van der Waals surface area contributed by atoms with Gasteiger partial charge in [0.15, 0.2) is 0 Å². The maximum absolute atomic E-state index is 9.18. The van der Waals surface area contributed by atoms with Crippen molar-refractivity contribution in [3.63, 3.8) is 0 Å². The molecule has 0 bridgehead atoms. The van der Waals surface area contributed by atoms with Gasteiger partial charge < -0.3 is 15.4 Å². The van der Waals surface area contributed by atoms with Crippen molar-refractivity contribution in [2.45, 2.75) is 18.2 Å². The number of hydrogen-bond donors (Lipinski definition) is 3. The minimum absolute atomic E-state index is 0.300. The van der Waals surface area contributed by atoms with E-state index in [1.807, 2.05) is 6.92 Å². The Kier molecular flexibility index (Phi) is 2.75. The van der Waals surface area contributed by atoms with E-state index < -0.39 is 0 Å². The van der Waals surface area contributed by atoms with Crippen LogP contribution < -0.4 is 0 Å². The third-order valence-electron chi connectivity index (χ3n) is 1.36. The van der Waals surface area contributed by atoms with Crippen LogP contribution in [0.25, 0.3) is 0 Å². The summed E-state index contributed by atoms with van der Waals surface area (Å²) >= 11 is 1.39. The number of thioether (sulfide) groups is 1. The first-order valence-electron chi connectivity index (χ1n) is 3.62. The minimum atomic E-state index is -0.342. The Bertz CT molecular complexity index is 272. The number of nitrogens with zero attached hydrogens (tertiary/aromatic N) is 1. The van der Waals surface area contributed by atoms with Crippen LogP contribution in [0.4, 0.5) is 0 Å². The molecular weight excluding hydrogens is 178 g/mol. The molecule has 0 aliphatic rings. The Labute approximate surface area is 74.4 Å². The van der Waals surface area contributed by atoms with Crippen molar-refractivity contribution in [2.24, 2.45) is 0 Å². The fourth-order valence-corrected chi connectivity index (χ4v) is 1.60. The average Bonchev–Trinajstić information content (AvgIpc) is 2.30. The van der Waals surface area contributed by atoms with Crippen molar-refractivity contribution >= 4 is 11.8 Å². The van der Waals surface area contributed by atoms with Crippen molar-refractivity contribution in [1.29, 1.82) is 0 Å². The summed E-state index contributed by atoms with van der Waals surface area (Å²) in [5.41, 5.74) is 0. The molecule has 68 valence electrons. The van der Waals surface area contributed by atoms with E-state index in [4.69, 9.17) is 10.3 Å². The SMILES string of the molecule is CCCSc1cc(O)n(O)c1O. The summed E-state index contributed by atoms with van der Waals surface area (Å²) in [7, 11) is 0. The Morgan fingerprint density at radius 2 is 2.17 bits per heavy atom. The van der Waals surface area contributed by atoms with Crippen LogP contribution in [0.15, 0.2) is 11.0 Å². The van der Waals surface area contributed by atoms with Crippen LogP contribution in [0.2, 0.25) is 0 Å². The number of aromatic nitrogens is 1. The monoisotopic (exact) mass is 189 g/mol. The van der Waals surface area contributed by atoms with Gasteiger partial charge in [-0.05, 0) is 12.2 Å². The first-order chi connectivity index (χ1) is 5.66. The van der Waals surface area contributed by atoms with Crippen LogP contribution in [0.3, 0.4) is 0 Å². The molecule has 0 aliphatic carbocycles. The predicted octanol–water partition coefficient (Wildman–Crippen LogP) is 1.64. The Hall–Kier alpha value is -0.970. The van der Waals surface area contributed by atoms with Gasteiger partial charge in [-0.25, -0.2) is 0 Å². The first kappa shape index (κ1) is 9.12. The molecule has 0 radical (unpaired) electrons. The van der Waals surface area contributed by atoms with Gasteiger partial charge >= 0.3 is 0 Å². The molecule has 1 aromatic heterocycles. The molecule has 0 fully saturated rings. The summed E-state index contributed by atoms with van der Waals surface area (Å²) in [6.45, 7) is 2.01. The lowest BCUT2D eigenvalue weighted by Crippen LogP contribution is -1.86. The zero-order chi connectivity index (χ0) is 9.14. The molecule has 0 spiro atoms. The molecule has 0 unspecified atom stereocenters. The molecule has 12 heavy (non-hydrogen) atoms. The van der Waals surface area contributed by atoms with Gasteiger partial charge in [0.25, 0.3) is 0 Å². The molecule has 4 nitrogen and oxygen atoms in total. The highest BCUT2D eigenvalue weighted by Gasteiger charge is 2.12. The lowest BCUT2D eigenvalue weighted by Gasteiger charge is -1.96. The second-order valence-electron chi connectivity index (χ2n) is 2.35. The molecule has 1 aromatic rings. The van der Waals surface area contributed by atoms with Gasteiger partial charge in [0, 0.05) is 6.07 Å². The van der Waals surface area contributed by atoms with Crippen LogP contribution in [0, 0.1) is 0 Å². The first-order valence-corrected chi connectivity index (χ1v) is 4.61. The van der Waals surface area contributed by atoms with Crippen LogP contribution in [0.5, 0.6) is 11.8 Å². The number of hydrogen-bond acceptors (Lipinski definition) is 4. The van der Waals surface area contributed by atoms with Gasteiger partial charge in [0.2, 0.25) is 11.8 Å². The van der Waals surface area contributed by atoms with Crippen LogP contribution in [0.1, 0.15) is 13.3 Å². The fraction of sp³-hybridized carbons (Fsp3) is 0.429. The third-order valence-corrected chi connectivity index (χ3v) is 2.58. The van der Waals surface area contributed by atoms with E-state index in [-0.39, 0.29) is 11.8 Å². The van der Waals surface area contributed by atoms with E-state index in [0.717, 1.165) is 12.2 Å². The van der Waals surface area contributed by atoms with Crippen molar-refractivity contribution in [1.82, 2.24) is 4.73 Å². The Balaban J connectivity index is 2.79. The summed E-state index contributed by atoms with van der Waals surface area (Å²) < 4.78 is 0.359. The number of rotatable bonds is 3. The molecule has 1 rings (SSSR count). The summed E-state index contributed by atoms with van der Waals surface area (Å²) in [6, 6.07) is 1.33. The zero-order valence-corrected chi connectivity index (χ0v) is 7.51. The van der Waals surface area contributed by atoms with Crippen molar-refractivity contribution < 1.29 is 15.4 Å². The van der Waals surface area contributed by atoms with Crippen LogP contribution in [-0.4, -0.2) is 25.9 Å². The highest BCUT2D eigenvalue weighted by Crippen LogP contribution is 2.34. The van der Waals surface area contributed by atoms with Gasteiger partial charge in [-0.3, -0.25) is 0 Å². The second-order valence-corrected chi connectivity index (χ2v) is 3.49. The summed E-state index contributed by atoms with van der Waals surface area (Å²) in [5, 5.41) is 27.1. The quantitative estimate of drug-likeness (QED) is 0.499. The molecular formula is C7H11NO3S. The lowest BCUT2D eigenvalue weighted by molar-refractivity contribution is 0.129. The second kappa shape index (κ2) is 3.62. The van der Waals surface area contributed by atoms with Gasteiger partial charge in [-0.15, -0.1) is 16.5 Å². The lowest BCUT2D eigenvalue weighted by atomic mass is 10.6. The zero-order valence-electron chi connectivity index (χ0n) is 6.69. The van der Waals surface area contributed by atoms with Gasteiger partial charge in [0.05, 0.1) is 4.90 Å². The molecule has 0 saturated carbocycles. The van der Waals surface area contributed by atoms with E-state index in [9.17, 15) is 5.11 Å². The van der Waals surface area contributed by atoms with Crippen molar-refractivity contribution in [3.05, 3.63) is 6.07 Å². The average molecular weight is 189 g/mol. The molecule has 0 amide bonds. The molecule has 0 saturated heterocycles. The standard InChI is InChI=1S/C7H11NO3S/c1-2-3-12-5-4-6(9)8(11)7(5)10/h4,9-11H,2-3H2,1H3. The smallest absolute Gasteiger partial charge is 0.242 e. The Morgan fingerprint density at radius 1 is 1.50 bits per heavy atom. The topological polar surface area (TPSA) is 65.6 Å². The van der Waals surface area contributed by atoms with E-state index >= 15 is 0 Å². The maximum Gasteiger partial charge on any atom is 0.242 e. The summed E-state index contributed by atoms with van der Waals surface area (Å²) in [6.07, 6.45) is 0.974. The van der Waals surface area contributed by atoms with Crippen molar-refractivity contribution in [2.75, 3.05) is 5.75 Å². The number of aromatic hydroxyl groups is 2. The van der Waals surface area contributed by atoms with Gasteiger partial charge in [-0.2, -0.15) is 0 Å². The normalized spacial score (nSPS) is 10.4. The van der Waals surface area contributed by atoms with Gasteiger partial charge in [0.1, 0.15) is 0 Å². The molecule has 0 aliphatic heterocycles. The van der Waals surface area contributed by atoms with E-state index in [1.54, 1.807) is 0 Å².